The van der Waals surface area contributed by atoms with Gasteiger partial charge >= 0.3 is 0 Å². The lowest BCUT2D eigenvalue weighted by molar-refractivity contribution is 0.393. The van der Waals surface area contributed by atoms with E-state index in [0.717, 1.165) is 22.6 Å². The summed E-state index contributed by atoms with van der Waals surface area (Å²) in [6, 6.07) is 5.91. The third-order valence-electron chi connectivity index (χ3n) is 3.48. The van der Waals surface area contributed by atoms with Gasteiger partial charge in [-0.1, -0.05) is 6.92 Å². The maximum absolute atomic E-state index is 6.01. The Bertz CT molecular complexity index is 372. The third kappa shape index (κ3) is 3.32. The number of thioether (sulfide) groups is 1. The van der Waals surface area contributed by atoms with Gasteiger partial charge in [-0.25, -0.2) is 0 Å². The Balaban J connectivity index is 2.02. The van der Waals surface area contributed by atoms with Crippen molar-refractivity contribution in [2.45, 2.75) is 42.8 Å². The van der Waals surface area contributed by atoms with Gasteiger partial charge in [-0.15, -0.1) is 11.8 Å². The Hall–Kier alpha value is -0.830. The van der Waals surface area contributed by atoms with Gasteiger partial charge < -0.3 is 10.5 Å². The zero-order chi connectivity index (χ0) is 12.3. The summed E-state index contributed by atoms with van der Waals surface area (Å²) in [6.07, 6.45) is 5.31. The van der Waals surface area contributed by atoms with Crippen LogP contribution in [0.25, 0.3) is 0 Å². The first kappa shape index (κ1) is 12.6. The molecule has 1 aliphatic rings. The van der Waals surface area contributed by atoms with Crippen molar-refractivity contribution in [2.24, 2.45) is 5.92 Å². The number of anilines is 1. The van der Waals surface area contributed by atoms with Crippen LogP contribution in [0.5, 0.6) is 5.75 Å². The molecule has 94 valence electrons. The quantitative estimate of drug-likeness (QED) is 0.826. The third-order valence-corrected chi connectivity index (χ3v) is 4.89. The standard InChI is InChI=1S/C14H21NOS/c1-10-3-6-12(7-4-10)17-14-9-11(16-2)5-8-13(14)15/h5,8-10,12H,3-4,6-7,15H2,1-2H3. The molecule has 0 aromatic heterocycles. The van der Waals surface area contributed by atoms with Crippen molar-refractivity contribution in [3.05, 3.63) is 18.2 Å². The van der Waals surface area contributed by atoms with Gasteiger partial charge in [0.15, 0.2) is 0 Å². The monoisotopic (exact) mass is 251 g/mol. The van der Waals surface area contributed by atoms with Gasteiger partial charge in [-0.05, 0) is 49.8 Å². The normalized spacial score (nSPS) is 24.6. The van der Waals surface area contributed by atoms with E-state index in [2.05, 4.69) is 13.0 Å². The van der Waals surface area contributed by atoms with Gasteiger partial charge in [0.1, 0.15) is 5.75 Å². The Kier molecular flexibility index (Phi) is 4.21. The molecule has 1 aliphatic carbocycles. The lowest BCUT2D eigenvalue weighted by Crippen LogP contribution is -2.14. The number of nitrogens with two attached hydrogens (primary N) is 1. The van der Waals surface area contributed by atoms with Crippen LogP contribution < -0.4 is 10.5 Å². The first-order valence-corrected chi connectivity index (χ1v) is 7.17. The predicted octanol–water partition coefficient (Wildman–Crippen LogP) is 3.95. The van der Waals surface area contributed by atoms with Crippen LogP contribution in [0.1, 0.15) is 32.6 Å². The van der Waals surface area contributed by atoms with E-state index in [-0.39, 0.29) is 0 Å². The molecule has 2 nitrogen and oxygen atoms in total. The summed E-state index contributed by atoms with van der Waals surface area (Å²) >= 11 is 1.92. The molecule has 0 saturated heterocycles. The van der Waals surface area contributed by atoms with Crippen LogP contribution in [0.15, 0.2) is 23.1 Å². The number of nitrogen functional groups attached to an aromatic ring is 1. The number of ether oxygens (including phenoxy) is 1. The van der Waals surface area contributed by atoms with Crippen LogP contribution in [-0.2, 0) is 0 Å². The summed E-state index contributed by atoms with van der Waals surface area (Å²) < 4.78 is 5.25. The van der Waals surface area contributed by atoms with E-state index in [9.17, 15) is 0 Å². The van der Waals surface area contributed by atoms with Crippen molar-refractivity contribution in [3.63, 3.8) is 0 Å². The van der Waals surface area contributed by atoms with Crippen LogP contribution in [-0.4, -0.2) is 12.4 Å². The van der Waals surface area contributed by atoms with Crippen molar-refractivity contribution >= 4 is 17.4 Å². The van der Waals surface area contributed by atoms with E-state index in [1.807, 2.05) is 23.9 Å². The first-order chi connectivity index (χ1) is 8.19. The van der Waals surface area contributed by atoms with Gasteiger partial charge in [-0.2, -0.15) is 0 Å². The molecule has 0 unspecified atom stereocenters. The van der Waals surface area contributed by atoms with Gasteiger partial charge in [0.25, 0.3) is 0 Å². The molecule has 1 saturated carbocycles. The molecule has 1 fully saturated rings. The highest BCUT2D eigenvalue weighted by Gasteiger charge is 2.19. The minimum Gasteiger partial charge on any atom is -0.497 e. The van der Waals surface area contributed by atoms with Gasteiger partial charge in [0, 0.05) is 15.8 Å². The van der Waals surface area contributed by atoms with Gasteiger partial charge in [-0.3, -0.25) is 0 Å². The Morgan fingerprint density at radius 2 is 1.94 bits per heavy atom. The highest BCUT2D eigenvalue weighted by atomic mass is 32.2. The highest BCUT2D eigenvalue weighted by molar-refractivity contribution is 8.00. The fraction of sp³-hybridized carbons (Fsp3) is 0.571. The number of hydrogen-bond donors (Lipinski definition) is 1. The molecular weight excluding hydrogens is 230 g/mol. The minimum absolute atomic E-state index is 0.723. The highest BCUT2D eigenvalue weighted by Crippen LogP contribution is 2.39. The first-order valence-electron chi connectivity index (χ1n) is 6.29. The maximum Gasteiger partial charge on any atom is 0.120 e. The number of methoxy groups -OCH3 is 1. The predicted molar refractivity (Wildman–Crippen MR) is 74.7 cm³/mol. The van der Waals surface area contributed by atoms with E-state index >= 15 is 0 Å². The molecule has 0 bridgehead atoms. The van der Waals surface area contributed by atoms with Crippen LogP contribution in [0.4, 0.5) is 5.69 Å². The maximum atomic E-state index is 6.01. The second-order valence-electron chi connectivity index (χ2n) is 4.90. The molecule has 2 rings (SSSR count). The fourth-order valence-corrected chi connectivity index (χ4v) is 3.53. The van der Waals surface area contributed by atoms with Crippen molar-refractivity contribution < 1.29 is 4.74 Å². The van der Waals surface area contributed by atoms with Gasteiger partial charge in [0.05, 0.1) is 7.11 Å². The summed E-state index contributed by atoms with van der Waals surface area (Å²) in [5, 5.41) is 0.723. The van der Waals surface area contributed by atoms with E-state index in [1.54, 1.807) is 7.11 Å². The number of benzene rings is 1. The van der Waals surface area contributed by atoms with E-state index < -0.39 is 0 Å². The van der Waals surface area contributed by atoms with Crippen LogP contribution >= 0.6 is 11.8 Å². The van der Waals surface area contributed by atoms with E-state index in [1.165, 1.54) is 30.6 Å². The smallest absolute Gasteiger partial charge is 0.120 e. The second-order valence-corrected chi connectivity index (χ2v) is 6.25. The number of rotatable bonds is 3. The largest absolute Gasteiger partial charge is 0.497 e. The summed E-state index contributed by atoms with van der Waals surface area (Å²) in [4.78, 5) is 1.17. The van der Waals surface area contributed by atoms with Crippen LogP contribution in [0.2, 0.25) is 0 Å². The molecule has 0 amide bonds. The molecule has 1 aromatic rings. The molecular formula is C14H21NOS. The lowest BCUT2D eigenvalue weighted by Gasteiger charge is -2.26. The molecule has 3 heteroatoms. The van der Waals surface area contributed by atoms with Crippen LogP contribution in [0, 0.1) is 5.92 Å². The molecule has 0 aliphatic heterocycles. The molecule has 17 heavy (non-hydrogen) atoms. The zero-order valence-corrected chi connectivity index (χ0v) is 11.4. The van der Waals surface area contributed by atoms with Crippen molar-refractivity contribution in [3.8, 4) is 5.75 Å². The lowest BCUT2D eigenvalue weighted by atomic mass is 9.91. The summed E-state index contributed by atoms with van der Waals surface area (Å²) in [6.45, 7) is 2.35. The van der Waals surface area contributed by atoms with Crippen molar-refractivity contribution in [2.75, 3.05) is 12.8 Å². The topological polar surface area (TPSA) is 35.2 Å². The number of hydrogen-bond acceptors (Lipinski definition) is 3. The summed E-state index contributed by atoms with van der Waals surface area (Å²) in [7, 11) is 1.70. The molecule has 1 aromatic carbocycles. The van der Waals surface area contributed by atoms with Crippen molar-refractivity contribution in [1.29, 1.82) is 0 Å². The van der Waals surface area contributed by atoms with Crippen molar-refractivity contribution in [1.82, 2.24) is 0 Å². The Labute approximate surface area is 108 Å². The SMILES string of the molecule is COc1ccc(N)c(SC2CCC(C)CC2)c1. The summed E-state index contributed by atoms with van der Waals surface area (Å²) in [5.41, 5.74) is 6.88. The Morgan fingerprint density at radius 3 is 2.59 bits per heavy atom. The summed E-state index contributed by atoms with van der Waals surface area (Å²) in [5.74, 6) is 1.79. The van der Waals surface area contributed by atoms with Crippen LogP contribution in [0.3, 0.4) is 0 Å². The average Bonchev–Trinajstić information content (AvgIpc) is 2.35. The van der Waals surface area contributed by atoms with Gasteiger partial charge in [0.2, 0.25) is 0 Å². The Morgan fingerprint density at radius 1 is 1.24 bits per heavy atom. The van der Waals surface area contributed by atoms with E-state index in [4.69, 9.17) is 10.5 Å². The molecule has 2 N–H and O–H groups in total. The molecule has 0 atom stereocenters. The molecule has 0 spiro atoms. The van der Waals surface area contributed by atoms with E-state index in [0.29, 0.717) is 0 Å². The fourth-order valence-electron chi connectivity index (χ4n) is 2.27. The zero-order valence-electron chi connectivity index (χ0n) is 10.6. The molecule has 0 heterocycles. The minimum atomic E-state index is 0.723. The molecule has 0 radical (unpaired) electrons. The second kappa shape index (κ2) is 5.67. The average molecular weight is 251 g/mol.